The molecule has 1 rings (SSSR count). The number of methoxy groups -OCH3 is 1. The molecule has 0 fully saturated rings. The van der Waals surface area contributed by atoms with Gasteiger partial charge in [-0.1, -0.05) is 18.7 Å². The number of hydrogen-bond acceptors (Lipinski definition) is 1. The van der Waals surface area contributed by atoms with E-state index in [1.54, 1.807) is 13.2 Å². The van der Waals surface area contributed by atoms with E-state index in [1.165, 1.54) is 0 Å². The normalized spacial score (nSPS) is 9.27. The highest BCUT2D eigenvalue weighted by molar-refractivity contribution is 9.10. The van der Waals surface area contributed by atoms with Crippen molar-refractivity contribution < 1.29 is 4.74 Å². The Labute approximate surface area is 74.8 Å². The lowest BCUT2D eigenvalue weighted by atomic mass is 10.2. The summed E-state index contributed by atoms with van der Waals surface area (Å²) >= 11 is 3.36. The molecule has 1 aromatic rings. The topological polar surface area (TPSA) is 9.23 Å². The first-order valence-electron chi connectivity index (χ1n) is 3.24. The minimum absolute atomic E-state index is 0.836. The Morgan fingerprint density at radius 3 is 2.82 bits per heavy atom. The molecule has 0 unspecified atom stereocenters. The Balaban J connectivity index is 3.12. The van der Waals surface area contributed by atoms with Crippen LogP contribution in [0.3, 0.4) is 0 Å². The predicted octanol–water partition coefficient (Wildman–Crippen LogP) is 3.10. The molecule has 0 aromatic heterocycles. The van der Waals surface area contributed by atoms with Gasteiger partial charge in [0.25, 0.3) is 0 Å². The summed E-state index contributed by atoms with van der Waals surface area (Å²) < 4.78 is 6.06. The van der Waals surface area contributed by atoms with E-state index in [4.69, 9.17) is 4.74 Å². The Bertz CT molecular complexity index is 268. The van der Waals surface area contributed by atoms with Crippen LogP contribution < -0.4 is 4.74 Å². The summed E-state index contributed by atoms with van der Waals surface area (Å²) in [5.41, 5.74) is 1.06. The van der Waals surface area contributed by atoms with E-state index >= 15 is 0 Å². The summed E-state index contributed by atoms with van der Waals surface area (Å²) in [5.74, 6) is 0.836. The first-order chi connectivity index (χ1) is 5.27. The second-order valence-electron chi connectivity index (χ2n) is 2.10. The van der Waals surface area contributed by atoms with Gasteiger partial charge < -0.3 is 4.74 Å². The van der Waals surface area contributed by atoms with E-state index < -0.39 is 0 Å². The van der Waals surface area contributed by atoms with Gasteiger partial charge in [0, 0.05) is 0 Å². The molecule has 1 nitrogen and oxygen atoms in total. The van der Waals surface area contributed by atoms with Gasteiger partial charge in [0.15, 0.2) is 0 Å². The summed E-state index contributed by atoms with van der Waals surface area (Å²) in [6.45, 7) is 3.67. The third-order valence-electron chi connectivity index (χ3n) is 1.41. The molecule has 0 saturated heterocycles. The molecule has 1 aromatic carbocycles. The van der Waals surface area contributed by atoms with Crippen molar-refractivity contribution in [3.05, 3.63) is 34.8 Å². The van der Waals surface area contributed by atoms with Gasteiger partial charge in [-0.2, -0.15) is 0 Å². The largest absolute Gasteiger partial charge is 0.496 e. The Morgan fingerprint density at radius 2 is 2.27 bits per heavy atom. The highest BCUT2D eigenvalue weighted by Gasteiger charge is 1.97. The van der Waals surface area contributed by atoms with Crippen LogP contribution in [0.15, 0.2) is 29.3 Å². The van der Waals surface area contributed by atoms with E-state index in [0.717, 1.165) is 15.8 Å². The molecular formula is C9H9BrO. The molecule has 0 aliphatic carbocycles. The molecule has 2 heteroatoms. The zero-order valence-electron chi connectivity index (χ0n) is 6.30. The molecule has 0 heterocycles. The summed E-state index contributed by atoms with van der Waals surface area (Å²) in [6.07, 6.45) is 1.79. The van der Waals surface area contributed by atoms with Crippen LogP contribution >= 0.6 is 15.9 Å². The van der Waals surface area contributed by atoms with Crippen LogP contribution in [0.4, 0.5) is 0 Å². The minimum Gasteiger partial charge on any atom is -0.496 e. The van der Waals surface area contributed by atoms with Crippen LogP contribution in [0, 0.1) is 0 Å². The van der Waals surface area contributed by atoms with E-state index in [-0.39, 0.29) is 0 Å². The zero-order valence-corrected chi connectivity index (χ0v) is 7.89. The molecule has 0 atom stereocenters. The van der Waals surface area contributed by atoms with Gasteiger partial charge in [0.1, 0.15) is 5.75 Å². The van der Waals surface area contributed by atoms with E-state index in [9.17, 15) is 0 Å². The molecule has 0 radical (unpaired) electrons. The molecule has 0 aliphatic rings. The summed E-state index contributed by atoms with van der Waals surface area (Å²) in [7, 11) is 1.65. The molecule has 0 N–H and O–H groups in total. The summed E-state index contributed by atoms with van der Waals surface area (Å²) in [6, 6.07) is 5.84. The van der Waals surface area contributed by atoms with Crippen LogP contribution in [0.2, 0.25) is 0 Å². The van der Waals surface area contributed by atoms with Crippen LogP contribution in [0.1, 0.15) is 5.56 Å². The third kappa shape index (κ3) is 1.84. The standard InChI is InChI=1S/C9H9BrO/c1-3-7-4-5-8(10)9(6-7)11-2/h3-6H,1H2,2H3. The van der Waals surface area contributed by atoms with Crippen LogP contribution in [0.25, 0.3) is 6.08 Å². The molecule has 0 saturated carbocycles. The molecule has 11 heavy (non-hydrogen) atoms. The lowest BCUT2D eigenvalue weighted by Gasteiger charge is -2.02. The van der Waals surface area contributed by atoms with Crippen LogP contribution in [0.5, 0.6) is 5.75 Å². The number of halogens is 1. The molecular weight excluding hydrogens is 204 g/mol. The van der Waals surface area contributed by atoms with Gasteiger partial charge in [-0.25, -0.2) is 0 Å². The van der Waals surface area contributed by atoms with Crippen molar-refractivity contribution >= 4 is 22.0 Å². The van der Waals surface area contributed by atoms with E-state index in [1.807, 2.05) is 18.2 Å². The van der Waals surface area contributed by atoms with Gasteiger partial charge in [-0.05, 0) is 33.6 Å². The quantitative estimate of drug-likeness (QED) is 0.733. The lowest BCUT2D eigenvalue weighted by Crippen LogP contribution is -1.84. The molecule has 0 bridgehead atoms. The average Bonchev–Trinajstić information content (AvgIpc) is 2.05. The summed E-state index contributed by atoms with van der Waals surface area (Å²) in [5, 5.41) is 0. The van der Waals surface area contributed by atoms with Crippen molar-refractivity contribution in [1.82, 2.24) is 0 Å². The third-order valence-corrected chi connectivity index (χ3v) is 2.07. The van der Waals surface area contributed by atoms with Gasteiger partial charge in [-0.15, -0.1) is 0 Å². The van der Waals surface area contributed by atoms with Crippen molar-refractivity contribution in [3.8, 4) is 5.75 Å². The number of hydrogen-bond donors (Lipinski definition) is 0. The maximum atomic E-state index is 5.09. The SMILES string of the molecule is C=Cc1ccc(Br)c(OC)c1. The van der Waals surface area contributed by atoms with Gasteiger partial charge in [0.2, 0.25) is 0 Å². The van der Waals surface area contributed by atoms with Gasteiger partial charge in [0.05, 0.1) is 11.6 Å². The van der Waals surface area contributed by atoms with Gasteiger partial charge in [-0.3, -0.25) is 0 Å². The monoisotopic (exact) mass is 212 g/mol. The van der Waals surface area contributed by atoms with Crippen molar-refractivity contribution in [2.45, 2.75) is 0 Å². The fourth-order valence-electron chi connectivity index (χ4n) is 0.803. The second kappa shape index (κ2) is 3.58. The second-order valence-corrected chi connectivity index (χ2v) is 2.95. The van der Waals surface area contributed by atoms with Crippen molar-refractivity contribution in [2.75, 3.05) is 7.11 Å². The Hall–Kier alpha value is -0.760. The van der Waals surface area contributed by atoms with Crippen molar-refractivity contribution in [3.63, 3.8) is 0 Å². The predicted molar refractivity (Wildman–Crippen MR) is 50.8 cm³/mol. The minimum atomic E-state index is 0.836. The van der Waals surface area contributed by atoms with Crippen LogP contribution in [-0.4, -0.2) is 7.11 Å². The molecule has 0 spiro atoms. The fourth-order valence-corrected chi connectivity index (χ4v) is 1.21. The molecule has 0 amide bonds. The van der Waals surface area contributed by atoms with Crippen molar-refractivity contribution in [2.24, 2.45) is 0 Å². The first kappa shape index (κ1) is 8.34. The van der Waals surface area contributed by atoms with Crippen LogP contribution in [-0.2, 0) is 0 Å². The van der Waals surface area contributed by atoms with Gasteiger partial charge >= 0.3 is 0 Å². The number of ether oxygens (including phenoxy) is 1. The highest BCUT2D eigenvalue weighted by atomic mass is 79.9. The maximum absolute atomic E-state index is 5.09. The molecule has 0 aliphatic heterocycles. The average molecular weight is 213 g/mol. The van der Waals surface area contributed by atoms with E-state index in [2.05, 4.69) is 22.5 Å². The first-order valence-corrected chi connectivity index (χ1v) is 4.03. The summed E-state index contributed by atoms with van der Waals surface area (Å²) in [4.78, 5) is 0. The smallest absolute Gasteiger partial charge is 0.133 e. The lowest BCUT2D eigenvalue weighted by molar-refractivity contribution is 0.412. The van der Waals surface area contributed by atoms with Crippen molar-refractivity contribution in [1.29, 1.82) is 0 Å². The fraction of sp³-hybridized carbons (Fsp3) is 0.111. The highest BCUT2D eigenvalue weighted by Crippen LogP contribution is 2.25. The zero-order chi connectivity index (χ0) is 8.27. The Kier molecular flexibility index (Phi) is 2.71. The Morgan fingerprint density at radius 1 is 1.55 bits per heavy atom. The molecule has 58 valence electrons. The van der Waals surface area contributed by atoms with E-state index in [0.29, 0.717) is 0 Å². The number of benzene rings is 1. The maximum Gasteiger partial charge on any atom is 0.133 e. The number of rotatable bonds is 2.